The van der Waals surface area contributed by atoms with Crippen LogP contribution in [0.3, 0.4) is 0 Å². The third-order valence-corrected chi connectivity index (χ3v) is 4.93. The second kappa shape index (κ2) is 9.44. The minimum Gasteiger partial charge on any atom is -0.444 e. The Labute approximate surface area is 154 Å². The highest BCUT2D eigenvalue weighted by Gasteiger charge is 2.35. The maximum atomic E-state index is 12.8. The van der Waals surface area contributed by atoms with Crippen LogP contribution < -0.4 is 0 Å². The second-order valence-corrected chi connectivity index (χ2v) is 8.26. The van der Waals surface area contributed by atoms with E-state index in [0.29, 0.717) is 19.6 Å². The Hall–Kier alpha value is -1.26. The third-order valence-electron chi connectivity index (χ3n) is 4.93. The highest BCUT2D eigenvalue weighted by Crippen LogP contribution is 2.30. The van der Waals surface area contributed by atoms with Gasteiger partial charge in [-0.2, -0.15) is 0 Å². The topological polar surface area (TPSA) is 49.9 Å². The van der Waals surface area contributed by atoms with Crippen LogP contribution >= 0.6 is 0 Å². The third kappa shape index (κ3) is 6.52. The van der Waals surface area contributed by atoms with E-state index in [1.54, 1.807) is 4.90 Å². The minimum absolute atomic E-state index is 0.0584. The van der Waals surface area contributed by atoms with E-state index in [9.17, 15) is 9.59 Å². The van der Waals surface area contributed by atoms with E-state index in [1.165, 1.54) is 0 Å². The number of piperazine rings is 1. The number of hydrogen-bond acceptors (Lipinski definition) is 3. The quantitative estimate of drug-likeness (QED) is 0.705. The van der Waals surface area contributed by atoms with Crippen LogP contribution in [0.4, 0.5) is 4.79 Å². The van der Waals surface area contributed by atoms with Crippen molar-refractivity contribution in [3.05, 3.63) is 0 Å². The van der Waals surface area contributed by atoms with E-state index in [-0.39, 0.29) is 24.0 Å². The number of rotatable bonds is 1. The van der Waals surface area contributed by atoms with Crippen molar-refractivity contribution in [1.29, 1.82) is 0 Å². The summed E-state index contributed by atoms with van der Waals surface area (Å²) in [5.74, 6) is 1.22. The fourth-order valence-electron chi connectivity index (χ4n) is 3.52. The number of hydrogen-bond donors (Lipinski definition) is 0. The van der Waals surface area contributed by atoms with Gasteiger partial charge in [0.15, 0.2) is 0 Å². The van der Waals surface area contributed by atoms with Gasteiger partial charge in [-0.05, 0) is 59.3 Å². The van der Waals surface area contributed by atoms with Crippen LogP contribution in [0.25, 0.3) is 0 Å². The van der Waals surface area contributed by atoms with Gasteiger partial charge in [0.25, 0.3) is 0 Å². The van der Waals surface area contributed by atoms with Crippen LogP contribution in [-0.4, -0.2) is 53.1 Å². The van der Waals surface area contributed by atoms with Crippen molar-refractivity contribution >= 4 is 12.0 Å². The van der Waals surface area contributed by atoms with Crippen molar-refractivity contribution in [2.75, 3.05) is 19.6 Å². The Balaban J connectivity index is 0.00000151. The Morgan fingerprint density at radius 1 is 0.960 bits per heavy atom. The van der Waals surface area contributed by atoms with Gasteiger partial charge in [0.1, 0.15) is 5.60 Å². The molecule has 1 saturated heterocycles. The van der Waals surface area contributed by atoms with Crippen LogP contribution in [0.1, 0.15) is 74.1 Å². The summed E-state index contributed by atoms with van der Waals surface area (Å²) >= 11 is 0. The average Bonchev–Trinajstić information content (AvgIpc) is 2.55. The van der Waals surface area contributed by atoms with Crippen LogP contribution in [0.2, 0.25) is 0 Å². The van der Waals surface area contributed by atoms with Crippen molar-refractivity contribution in [2.24, 2.45) is 11.8 Å². The fourth-order valence-corrected chi connectivity index (χ4v) is 3.52. The molecule has 1 heterocycles. The number of nitrogens with zero attached hydrogens (tertiary/aromatic N) is 2. The molecule has 0 spiro atoms. The summed E-state index contributed by atoms with van der Waals surface area (Å²) in [7, 11) is 0. The Morgan fingerprint density at radius 3 is 2.00 bits per heavy atom. The van der Waals surface area contributed by atoms with Crippen molar-refractivity contribution in [1.82, 2.24) is 9.80 Å². The molecule has 1 aliphatic carbocycles. The standard InChI is InChI=1S/C18H32N2O3.C2H6/c1-13-6-8-15(9-7-13)16(21)20-11-10-19(12-14(20)2)17(22)23-18(3,4)5;1-2/h13-15H,6-12H2,1-5H3;1-2H3/t13?,14-,15?;/m1./s1. The van der Waals surface area contributed by atoms with Crippen LogP contribution in [-0.2, 0) is 9.53 Å². The maximum Gasteiger partial charge on any atom is 0.410 e. The molecule has 2 aliphatic rings. The van der Waals surface area contributed by atoms with Gasteiger partial charge in [-0.3, -0.25) is 4.79 Å². The molecule has 2 amide bonds. The van der Waals surface area contributed by atoms with Crippen molar-refractivity contribution in [2.45, 2.75) is 85.8 Å². The van der Waals surface area contributed by atoms with Crippen molar-refractivity contribution in [3.8, 4) is 0 Å². The summed E-state index contributed by atoms with van der Waals surface area (Å²) in [6, 6.07) is 0.0584. The molecule has 5 nitrogen and oxygen atoms in total. The second-order valence-electron chi connectivity index (χ2n) is 8.26. The molecule has 0 bridgehead atoms. The number of ether oxygens (including phenoxy) is 1. The summed E-state index contributed by atoms with van der Waals surface area (Å²) in [5.41, 5.74) is -0.480. The molecule has 2 fully saturated rings. The predicted octanol–water partition coefficient (Wildman–Crippen LogP) is 4.31. The van der Waals surface area contributed by atoms with Gasteiger partial charge in [-0.1, -0.05) is 20.8 Å². The summed E-state index contributed by atoms with van der Waals surface area (Å²) in [5, 5.41) is 0. The summed E-state index contributed by atoms with van der Waals surface area (Å²) in [4.78, 5) is 28.6. The van der Waals surface area contributed by atoms with E-state index in [0.717, 1.165) is 31.6 Å². The van der Waals surface area contributed by atoms with Gasteiger partial charge >= 0.3 is 6.09 Å². The van der Waals surface area contributed by atoms with E-state index in [4.69, 9.17) is 4.74 Å². The Bertz CT molecular complexity index is 437. The predicted molar refractivity (Wildman–Crippen MR) is 101 cm³/mol. The zero-order chi connectivity index (χ0) is 19.2. The average molecular weight is 355 g/mol. The molecule has 5 heteroatoms. The first-order valence-electron chi connectivity index (χ1n) is 9.96. The molecule has 0 aromatic heterocycles. The molecule has 25 heavy (non-hydrogen) atoms. The van der Waals surface area contributed by atoms with E-state index in [2.05, 4.69) is 6.92 Å². The molecule has 0 aromatic carbocycles. The van der Waals surface area contributed by atoms with Gasteiger partial charge in [0.2, 0.25) is 5.91 Å². The first-order valence-corrected chi connectivity index (χ1v) is 9.96. The first-order chi connectivity index (χ1) is 11.7. The van der Waals surface area contributed by atoms with Crippen LogP contribution in [0, 0.1) is 11.8 Å². The molecular weight excluding hydrogens is 316 g/mol. The number of amides is 2. The molecule has 146 valence electrons. The molecule has 1 saturated carbocycles. The lowest BCUT2D eigenvalue weighted by molar-refractivity contribution is -0.141. The SMILES string of the molecule is CC.CC1CCC(C(=O)N2CCN(C(=O)OC(C)(C)C)C[C@H]2C)CC1. The monoisotopic (exact) mass is 354 g/mol. The van der Waals surface area contributed by atoms with E-state index >= 15 is 0 Å². The van der Waals surface area contributed by atoms with Gasteiger partial charge in [0.05, 0.1) is 0 Å². The largest absolute Gasteiger partial charge is 0.444 e. The van der Waals surface area contributed by atoms with E-state index < -0.39 is 5.60 Å². The minimum atomic E-state index is -0.480. The van der Waals surface area contributed by atoms with Crippen LogP contribution in [0.5, 0.6) is 0 Å². The maximum absolute atomic E-state index is 12.8. The number of carbonyl (C=O) groups is 2. The smallest absolute Gasteiger partial charge is 0.410 e. The van der Waals surface area contributed by atoms with Crippen molar-refractivity contribution in [3.63, 3.8) is 0 Å². The van der Waals surface area contributed by atoms with Gasteiger partial charge in [-0.25, -0.2) is 4.79 Å². The van der Waals surface area contributed by atoms with Gasteiger partial charge < -0.3 is 14.5 Å². The summed E-state index contributed by atoms with van der Waals surface area (Å²) in [6.07, 6.45) is 4.06. The lowest BCUT2D eigenvalue weighted by Crippen LogP contribution is -2.57. The van der Waals surface area contributed by atoms with E-state index in [1.807, 2.05) is 46.4 Å². The Morgan fingerprint density at radius 2 is 1.52 bits per heavy atom. The lowest BCUT2D eigenvalue weighted by Gasteiger charge is -2.42. The summed E-state index contributed by atoms with van der Waals surface area (Å²) < 4.78 is 5.43. The lowest BCUT2D eigenvalue weighted by atomic mass is 9.82. The molecule has 1 aliphatic heterocycles. The zero-order valence-electron chi connectivity index (χ0n) is 17.3. The highest BCUT2D eigenvalue weighted by atomic mass is 16.6. The molecule has 0 N–H and O–H groups in total. The number of carbonyl (C=O) groups excluding carboxylic acids is 2. The van der Waals surface area contributed by atoms with Gasteiger partial charge in [-0.15, -0.1) is 0 Å². The molecule has 1 atom stereocenters. The highest BCUT2D eigenvalue weighted by molar-refractivity contribution is 5.79. The fraction of sp³-hybridized carbons (Fsp3) is 0.900. The molecule has 0 unspecified atom stereocenters. The first kappa shape index (κ1) is 21.8. The summed E-state index contributed by atoms with van der Waals surface area (Å²) in [6.45, 7) is 15.7. The molecule has 0 aromatic rings. The molecule has 0 radical (unpaired) electrons. The van der Waals surface area contributed by atoms with Crippen LogP contribution in [0.15, 0.2) is 0 Å². The molecule has 2 rings (SSSR count). The Kier molecular flexibility index (Phi) is 8.23. The molecular formula is C20H38N2O3. The van der Waals surface area contributed by atoms with Gasteiger partial charge in [0, 0.05) is 31.6 Å². The normalized spacial score (nSPS) is 27.2. The zero-order valence-corrected chi connectivity index (χ0v) is 17.3. The van der Waals surface area contributed by atoms with Crippen molar-refractivity contribution < 1.29 is 14.3 Å².